The van der Waals surface area contributed by atoms with E-state index in [1.807, 2.05) is 24.3 Å². The number of nitrogens with zero attached hydrogens (tertiary/aromatic N) is 1. The predicted molar refractivity (Wildman–Crippen MR) is 145 cm³/mol. The van der Waals surface area contributed by atoms with Crippen LogP contribution in [0.15, 0.2) is 60.9 Å². The summed E-state index contributed by atoms with van der Waals surface area (Å²) in [5, 5.41) is 6.23. The zero-order valence-corrected chi connectivity index (χ0v) is 22.3. The van der Waals surface area contributed by atoms with Crippen LogP contribution < -0.4 is 15.4 Å². The average Bonchev–Trinajstić information content (AvgIpc) is 2.94. The fraction of sp³-hybridized carbons (Fsp3) is 0.400. The monoisotopic (exact) mass is 539 g/mol. The van der Waals surface area contributed by atoms with Crippen molar-refractivity contribution in [1.82, 2.24) is 10.3 Å². The Labute approximate surface area is 227 Å². The molecule has 0 saturated carbocycles. The van der Waals surface area contributed by atoms with E-state index in [1.165, 1.54) is 18.3 Å². The van der Waals surface area contributed by atoms with Crippen molar-refractivity contribution in [3.8, 4) is 5.75 Å². The highest BCUT2D eigenvalue weighted by Crippen LogP contribution is 2.31. The summed E-state index contributed by atoms with van der Waals surface area (Å²) in [6, 6.07) is 13.8. The topological polar surface area (TPSA) is 81.7 Å². The molecular weight excluding hydrogens is 504 g/mol. The molecule has 2 N–H and O–H groups in total. The van der Waals surface area contributed by atoms with Gasteiger partial charge in [-0.25, -0.2) is 8.78 Å². The van der Waals surface area contributed by atoms with Crippen molar-refractivity contribution in [2.24, 2.45) is 0 Å². The number of hydrogen-bond donors (Lipinski definition) is 2. The van der Waals surface area contributed by atoms with E-state index in [0.717, 1.165) is 17.3 Å². The number of morpholine rings is 1. The smallest absolute Gasteiger partial charge is 0.225 e. The molecule has 7 nitrogen and oxygen atoms in total. The van der Waals surface area contributed by atoms with Crippen LogP contribution in [0, 0.1) is 11.6 Å². The van der Waals surface area contributed by atoms with E-state index in [9.17, 15) is 13.6 Å². The van der Waals surface area contributed by atoms with Gasteiger partial charge < -0.3 is 24.8 Å². The minimum absolute atomic E-state index is 0.0263. The molecule has 3 atom stereocenters. The summed E-state index contributed by atoms with van der Waals surface area (Å²) >= 11 is 0. The van der Waals surface area contributed by atoms with Crippen molar-refractivity contribution in [2.45, 2.75) is 44.2 Å². The number of anilines is 1. The van der Waals surface area contributed by atoms with Crippen molar-refractivity contribution in [3.63, 3.8) is 0 Å². The number of rotatable bonds is 12. The lowest BCUT2D eigenvalue weighted by Crippen LogP contribution is -2.44. The second kappa shape index (κ2) is 14.1. The van der Waals surface area contributed by atoms with Gasteiger partial charge in [-0.3, -0.25) is 9.78 Å². The van der Waals surface area contributed by atoms with E-state index in [0.29, 0.717) is 62.2 Å². The standard InChI is InChI=1S/C30H35F2N3O4/c1-20-19-39-25(16-34-20)11-12-26-28(32)17-33-18-29(26)35-30(36)15-27(21-3-7-23(31)8-4-21)22-5-9-24(10-6-22)38-14-13-37-2/h3-10,17-18,20,25,27,34H,11-16,19H2,1-2H3,(H,35,36)/t20-,25+,27-/m0/s1. The first kappa shape index (κ1) is 28.6. The molecule has 9 heteroatoms. The van der Waals surface area contributed by atoms with Gasteiger partial charge in [0.1, 0.15) is 24.0 Å². The van der Waals surface area contributed by atoms with Gasteiger partial charge in [0.2, 0.25) is 5.91 Å². The molecule has 0 unspecified atom stereocenters. The first-order valence-electron chi connectivity index (χ1n) is 13.2. The Balaban J connectivity index is 1.47. The van der Waals surface area contributed by atoms with Crippen molar-refractivity contribution < 1.29 is 27.8 Å². The van der Waals surface area contributed by atoms with Crippen molar-refractivity contribution >= 4 is 11.6 Å². The molecule has 2 heterocycles. The Hall–Kier alpha value is -3.40. The molecular formula is C30H35F2N3O4. The molecule has 2 aromatic carbocycles. The highest BCUT2D eigenvalue weighted by Gasteiger charge is 2.22. The Morgan fingerprint density at radius 3 is 2.49 bits per heavy atom. The Kier molecular flexibility index (Phi) is 10.4. The maximum absolute atomic E-state index is 14.8. The van der Waals surface area contributed by atoms with Crippen LogP contribution in [-0.4, -0.2) is 56.5 Å². The molecule has 0 radical (unpaired) electrons. The molecule has 1 saturated heterocycles. The Morgan fingerprint density at radius 1 is 1.10 bits per heavy atom. The molecule has 1 aromatic heterocycles. The third-order valence-corrected chi connectivity index (χ3v) is 6.77. The minimum Gasteiger partial charge on any atom is -0.491 e. The lowest BCUT2D eigenvalue weighted by Gasteiger charge is -2.28. The maximum Gasteiger partial charge on any atom is 0.225 e. The summed E-state index contributed by atoms with van der Waals surface area (Å²) in [7, 11) is 1.61. The molecule has 1 amide bonds. The number of carbonyl (C=O) groups is 1. The summed E-state index contributed by atoms with van der Waals surface area (Å²) in [6.07, 6.45) is 3.68. The zero-order valence-electron chi connectivity index (χ0n) is 22.3. The van der Waals surface area contributed by atoms with E-state index in [-0.39, 0.29) is 30.2 Å². The lowest BCUT2D eigenvalue weighted by molar-refractivity contribution is -0.116. The molecule has 0 bridgehead atoms. The maximum atomic E-state index is 14.8. The molecule has 208 valence electrons. The Bertz CT molecular complexity index is 1200. The molecule has 3 aromatic rings. The van der Waals surface area contributed by atoms with Crippen LogP contribution in [0.3, 0.4) is 0 Å². The van der Waals surface area contributed by atoms with Crippen LogP contribution in [0.25, 0.3) is 0 Å². The van der Waals surface area contributed by atoms with Gasteiger partial charge in [-0.05, 0) is 55.2 Å². The van der Waals surface area contributed by atoms with Gasteiger partial charge in [-0.15, -0.1) is 0 Å². The van der Waals surface area contributed by atoms with E-state index in [4.69, 9.17) is 14.2 Å². The van der Waals surface area contributed by atoms with Gasteiger partial charge >= 0.3 is 0 Å². The van der Waals surface area contributed by atoms with Crippen LogP contribution >= 0.6 is 0 Å². The van der Waals surface area contributed by atoms with Crippen LogP contribution in [0.2, 0.25) is 0 Å². The molecule has 4 rings (SSSR count). The largest absolute Gasteiger partial charge is 0.491 e. The molecule has 1 aliphatic rings. The quantitative estimate of drug-likeness (QED) is 0.320. The van der Waals surface area contributed by atoms with Crippen molar-refractivity contribution in [3.05, 3.63) is 89.2 Å². The van der Waals surface area contributed by atoms with Gasteiger partial charge in [0, 0.05) is 37.6 Å². The van der Waals surface area contributed by atoms with Gasteiger partial charge in [0.25, 0.3) is 0 Å². The third-order valence-electron chi connectivity index (χ3n) is 6.77. The second-order valence-electron chi connectivity index (χ2n) is 9.72. The number of hydrogen-bond acceptors (Lipinski definition) is 6. The highest BCUT2D eigenvalue weighted by atomic mass is 19.1. The van der Waals surface area contributed by atoms with Gasteiger partial charge in [0.15, 0.2) is 0 Å². The molecule has 39 heavy (non-hydrogen) atoms. The number of halogens is 2. The predicted octanol–water partition coefficient (Wildman–Crippen LogP) is 4.86. The van der Waals surface area contributed by atoms with E-state index >= 15 is 0 Å². The molecule has 0 aliphatic carbocycles. The summed E-state index contributed by atoms with van der Waals surface area (Å²) in [6.45, 7) is 4.26. The van der Waals surface area contributed by atoms with Crippen molar-refractivity contribution in [1.29, 1.82) is 0 Å². The van der Waals surface area contributed by atoms with E-state index in [1.54, 1.807) is 19.2 Å². The SMILES string of the molecule is COCCOc1ccc([C@@H](CC(=O)Nc2cncc(F)c2CC[C@@H]2CN[C@@H](C)CO2)c2ccc(F)cc2)cc1. The first-order valence-corrected chi connectivity index (χ1v) is 13.2. The molecule has 0 spiro atoms. The second-order valence-corrected chi connectivity index (χ2v) is 9.72. The normalized spacial score (nSPS) is 17.9. The third kappa shape index (κ3) is 8.29. The number of ether oxygens (including phenoxy) is 3. The van der Waals surface area contributed by atoms with Crippen LogP contribution in [0.4, 0.5) is 14.5 Å². The average molecular weight is 540 g/mol. The zero-order chi connectivity index (χ0) is 27.6. The minimum atomic E-state index is -0.468. The van der Waals surface area contributed by atoms with Crippen LogP contribution in [-0.2, 0) is 20.7 Å². The van der Waals surface area contributed by atoms with Gasteiger partial charge in [0.05, 0.1) is 37.4 Å². The fourth-order valence-electron chi connectivity index (χ4n) is 4.59. The number of aromatic nitrogens is 1. The number of carbonyl (C=O) groups excluding carboxylic acids is 1. The van der Waals surface area contributed by atoms with Gasteiger partial charge in [-0.2, -0.15) is 0 Å². The number of amides is 1. The highest BCUT2D eigenvalue weighted by molar-refractivity contribution is 5.92. The molecule has 1 fully saturated rings. The molecule has 1 aliphatic heterocycles. The van der Waals surface area contributed by atoms with Crippen LogP contribution in [0.5, 0.6) is 5.75 Å². The number of methoxy groups -OCH3 is 1. The summed E-state index contributed by atoms with van der Waals surface area (Å²) in [4.78, 5) is 17.2. The number of nitrogens with one attached hydrogen (secondary N) is 2. The summed E-state index contributed by atoms with van der Waals surface area (Å²) < 4.78 is 44.9. The summed E-state index contributed by atoms with van der Waals surface area (Å²) in [5.74, 6) is -0.801. The number of benzene rings is 2. The first-order chi connectivity index (χ1) is 18.9. The Morgan fingerprint density at radius 2 is 1.82 bits per heavy atom. The van der Waals surface area contributed by atoms with Crippen LogP contribution in [0.1, 0.15) is 42.4 Å². The fourth-order valence-corrected chi connectivity index (χ4v) is 4.59. The van der Waals surface area contributed by atoms with E-state index < -0.39 is 5.82 Å². The summed E-state index contributed by atoms with van der Waals surface area (Å²) in [5.41, 5.74) is 2.39. The lowest BCUT2D eigenvalue weighted by atomic mass is 9.88. The van der Waals surface area contributed by atoms with Crippen molar-refractivity contribution in [2.75, 3.05) is 38.8 Å². The van der Waals surface area contributed by atoms with E-state index in [2.05, 4.69) is 22.5 Å². The number of pyridine rings is 1. The van der Waals surface area contributed by atoms with Gasteiger partial charge in [-0.1, -0.05) is 24.3 Å².